The molecule has 0 fully saturated rings. The van der Waals surface area contributed by atoms with Crippen LogP contribution in [0.3, 0.4) is 0 Å². The molecule has 0 atom stereocenters. The Morgan fingerprint density at radius 1 is 1.20 bits per heavy atom. The molecule has 0 spiro atoms. The van der Waals surface area contributed by atoms with E-state index in [1.165, 1.54) is 16.3 Å². The molecule has 5 nitrogen and oxygen atoms in total. The van der Waals surface area contributed by atoms with Crippen LogP contribution in [0.15, 0.2) is 39.5 Å². The van der Waals surface area contributed by atoms with Crippen molar-refractivity contribution in [2.24, 2.45) is 7.05 Å². The van der Waals surface area contributed by atoms with Gasteiger partial charge in [-0.05, 0) is 29.7 Å². The minimum atomic E-state index is -0.160. The third-order valence-corrected chi connectivity index (χ3v) is 3.26. The summed E-state index contributed by atoms with van der Waals surface area (Å²) >= 11 is 0. The second kappa shape index (κ2) is 4.59. The molecule has 0 aliphatic heterocycles. The van der Waals surface area contributed by atoms with Crippen molar-refractivity contribution < 1.29 is 4.42 Å². The lowest BCUT2D eigenvalue weighted by Gasteiger charge is -2.02. The summed E-state index contributed by atoms with van der Waals surface area (Å²) in [5, 5.41) is 4.14. The fraction of sp³-hybridized carbons (Fsp3) is 0.267. The van der Waals surface area contributed by atoms with E-state index in [0.29, 0.717) is 17.5 Å². The largest absolute Gasteiger partial charge is 0.435 e. The molecule has 20 heavy (non-hydrogen) atoms. The van der Waals surface area contributed by atoms with E-state index in [1.807, 2.05) is 18.2 Å². The SMILES string of the molecule is CC(C)c1ccc2nc(-c3ccc(=O)n(C)n3)oc2c1. The standard InChI is InChI=1S/C15H15N3O2/c1-9(2)10-4-5-11-13(8-10)20-15(16-11)12-6-7-14(19)18(3)17-12/h4-9H,1-3H3. The maximum Gasteiger partial charge on any atom is 0.266 e. The van der Waals surface area contributed by atoms with Gasteiger partial charge in [0.1, 0.15) is 11.2 Å². The average Bonchev–Trinajstić information content (AvgIpc) is 2.84. The van der Waals surface area contributed by atoms with Crippen LogP contribution in [0.25, 0.3) is 22.7 Å². The molecule has 5 heteroatoms. The Morgan fingerprint density at radius 2 is 2.00 bits per heavy atom. The van der Waals surface area contributed by atoms with Crippen molar-refractivity contribution in [3.05, 3.63) is 46.2 Å². The summed E-state index contributed by atoms with van der Waals surface area (Å²) in [6.07, 6.45) is 0. The number of aryl methyl sites for hydroxylation is 1. The summed E-state index contributed by atoms with van der Waals surface area (Å²) < 4.78 is 7.02. The Labute approximate surface area is 115 Å². The molecule has 0 aliphatic carbocycles. The number of aromatic nitrogens is 3. The first-order valence-corrected chi connectivity index (χ1v) is 6.50. The van der Waals surface area contributed by atoms with E-state index >= 15 is 0 Å². The van der Waals surface area contributed by atoms with Gasteiger partial charge in [0.2, 0.25) is 5.89 Å². The highest BCUT2D eigenvalue weighted by atomic mass is 16.3. The molecule has 0 aliphatic rings. The van der Waals surface area contributed by atoms with Gasteiger partial charge < -0.3 is 4.42 Å². The third kappa shape index (κ3) is 2.11. The smallest absolute Gasteiger partial charge is 0.266 e. The van der Waals surface area contributed by atoms with Gasteiger partial charge in [0.15, 0.2) is 5.58 Å². The van der Waals surface area contributed by atoms with Crippen LogP contribution in [-0.2, 0) is 7.05 Å². The van der Waals surface area contributed by atoms with Crippen LogP contribution in [0, 0.1) is 0 Å². The summed E-state index contributed by atoms with van der Waals surface area (Å²) in [5.74, 6) is 0.861. The molecule has 0 N–H and O–H groups in total. The third-order valence-electron chi connectivity index (χ3n) is 3.26. The molecule has 2 heterocycles. The number of hydrogen-bond donors (Lipinski definition) is 0. The summed E-state index contributed by atoms with van der Waals surface area (Å²) in [6, 6.07) is 9.07. The van der Waals surface area contributed by atoms with Crippen molar-refractivity contribution in [1.29, 1.82) is 0 Å². The number of oxazole rings is 1. The van der Waals surface area contributed by atoms with Crippen LogP contribution >= 0.6 is 0 Å². The predicted molar refractivity (Wildman–Crippen MR) is 76.6 cm³/mol. The molecule has 102 valence electrons. The van der Waals surface area contributed by atoms with E-state index in [-0.39, 0.29) is 5.56 Å². The van der Waals surface area contributed by atoms with Crippen LogP contribution in [0.5, 0.6) is 0 Å². The van der Waals surface area contributed by atoms with Gasteiger partial charge in [-0.25, -0.2) is 9.67 Å². The predicted octanol–water partition coefficient (Wildman–Crippen LogP) is 2.71. The lowest BCUT2D eigenvalue weighted by atomic mass is 10.0. The number of benzene rings is 1. The van der Waals surface area contributed by atoms with Crippen LogP contribution in [0.1, 0.15) is 25.3 Å². The van der Waals surface area contributed by atoms with Crippen LogP contribution in [-0.4, -0.2) is 14.8 Å². The molecule has 0 saturated heterocycles. The molecule has 0 radical (unpaired) electrons. The lowest BCUT2D eigenvalue weighted by molar-refractivity contribution is 0.605. The minimum Gasteiger partial charge on any atom is -0.435 e. The van der Waals surface area contributed by atoms with Crippen LogP contribution < -0.4 is 5.56 Å². The highest BCUT2D eigenvalue weighted by Crippen LogP contribution is 2.25. The van der Waals surface area contributed by atoms with Crippen molar-refractivity contribution in [1.82, 2.24) is 14.8 Å². The van der Waals surface area contributed by atoms with E-state index in [4.69, 9.17) is 4.42 Å². The fourth-order valence-corrected chi connectivity index (χ4v) is 2.03. The molecular formula is C15H15N3O2. The van der Waals surface area contributed by atoms with Crippen molar-refractivity contribution in [2.45, 2.75) is 19.8 Å². The molecule has 0 saturated carbocycles. The van der Waals surface area contributed by atoms with Gasteiger partial charge in [-0.1, -0.05) is 19.9 Å². The maximum absolute atomic E-state index is 11.3. The van der Waals surface area contributed by atoms with Gasteiger partial charge in [0.05, 0.1) is 0 Å². The monoisotopic (exact) mass is 269 g/mol. The van der Waals surface area contributed by atoms with Gasteiger partial charge in [0.25, 0.3) is 5.56 Å². The molecule has 1 aromatic carbocycles. The molecule has 0 unspecified atom stereocenters. The van der Waals surface area contributed by atoms with Crippen LogP contribution in [0.2, 0.25) is 0 Å². The Kier molecular flexibility index (Phi) is 2.89. The highest BCUT2D eigenvalue weighted by molar-refractivity contribution is 5.76. The molecular weight excluding hydrogens is 254 g/mol. The summed E-state index contributed by atoms with van der Waals surface area (Å²) in [7, 11) is 1.60. The Hall–Kier alpha value is -2.43. The second-order valence-electron chi connectivity index (χ2n) is 5.08. The number of fused-ring (bicyclic) bond motifs is 1. The summed E-state index contributed by atoms with van der Waals surface area (Å²) in [4.78, 5) is 15.8. The van der Waals surface area contributed by atoms with Crippen molar-refractivity contribution in [3.63, 3.8) is 0 Å². The van der Waals surface area contributed by atoms with E-state index in [9.17, 15) is 4.79 Å². The number of hydrogen-bond acceptors (Lipinski definition) is 4. The topological polar surface area (TPSA) is 60.9 Å². The van der Waals surface area contributed by atoms with Gasteiger partial charge in [-0.3, -0.25) is 4.79 Å². The maximum atomic E-state index is 11.3. The van der Waals surface area contributed by atoms with E-state index in [0.717, 1.165) is 11.1 Å². The first-order valence-electron chi connectivity index (χ1n) is 6.50. The molecule has 3 aromatic rings. The van der Waals surface area contributed by atoms with Gasteiger partial charge >= 0.3 is 0 Å². The summed E-state index contributed by atoms with van der Waals surface area (Å²) in [5.41, 5.74) is 3.12. The van der Waals surface area contributed by atoms with Gasteiger partial charge in [-0.2, -0.15) is 5.10 Å². The van der Waals surface area contributed by atoms with Crippen molar-refractivity contribution >= 4 is 11.1 Å². The first kappa shape index (κ1) is 12.6. The summed E-state index contributed by atoms with van der Waals surface area (Å²) in [6.45, 7) is 4.26. The van der Waals surface area contributed by atoms with E-state index < -0.39 is 0 Å². The average molecular weight is 269 g/mol. The Bertz CT molecular complexity index is 830. The zero-order valence-corrected chi connectivity index (χ0v) is 11.6. The number of nitrogens with zero attached hydrogens (tertiary/aromatic N) is 3. The second-order valence-corrected chi connectivity index (χ2v) is 5.08. The van der Waals surface area contributed by atoms with Gasteiger partial charge in [0, 0.05) is 13.1 Å². The fourth-order valence-electron chi connectivity index (χ4n) is 2.03. The van der Waals surface area contributed by atoms with E-state index in [1.54, 1.807) is 13.1 Å². The van der Waals surface area contributed by atoms with Crippen LogP contribution in [0.4, 0.5) is 0 Å². The lowest BCUT2D eigenvalue weighted by Crippen LogP contribution is -2.18. The Balaban J connectivity index is 2.12. The normalized spacial score (nSPS) is 11.4. The zero-order chi connectivity index (χ0) is 14.3. The molecule has 2 aromatic heterocycles. The highest BCUT2D eigenvalue weighted by Gasteiger charge is 2.11. The quantitative estimate of drug-likeness (QED) is 0.717. The zero-order valence-electron chi connectivity index (χ0n) is 11.6. The van der Waals surface area contributed by atoms with E-state index in [2.05, 4.69) is 23.9 Å². The molecule has 3 rings (SSSR count). The van der Waals surface area contributed by atoms with Crippen molar-refractivity contribution in [2.75, 3.05) is 0 Å². The van der Waals surface area contributed by atoms with Crippen molar-refractivity contribution in [3.8, 4) is 11.6 Å². The molecule has 0 amide bonds. The van der Waals surface area contributed by atoms with Gasteiger partial charge in [-0.15, -0.1) is 0 Å². The Morgan fingerprint density at radius 3 is 2.70 bits per heavy atom. The minimum absolute atomic E-state index is 0.160. The number of rotatable bonds is 2. The first-order chi connectivity index (χ1) is 9.54. The molecule has 0 bridgehead atoms.